The van der Waals surface area contributed by atoms with Crippen LogP contribution in [0.2, 0.25) is 0 Å². The molecule has 2 unspecified atom stereocenters. The third-order valence-electron chi connectivity index (χ3n) is 4.23. The van der Waals surface area contributed by atoms with Gasteiger partial charge in [0.05, 0.1) is 6.10 Å². The topological polar surface area (TPSA) is 35.2 Å². The van der Waals surface area contributed by atoms with Crippen LogP contribution in [0.3, 0.4) is 0 Å². The zero-order chi connectivity index (χ0) is 13.0. The van der Waals surface area contributed by atoms with Crippen molar-refractivity contribution in [1.82, 2.24) is 0 Å². The third kappa shape index (κ3) is 3.33. The molecule has 0 radical (unpaired) electrons. The van der Waals surface area contributed by atoms with Crippen molar-refractivity contribution in [3.63, 3.8) is 0 Å². The van der Waals surface area contributed by atoms with Crippen LogP contribution in [0.4, 0.5) is 0 Å². The fourth-order valence-corrected chi connectivity index (χ4v) is 2.46. The van der Waals surface area contributed by atoms with Crippen molar-refractivity contribution < 1.29 is 4.74 Å². The van der Waals surface area contributed by atoms with Crippen molar-refractivity contribution in [1.29, 1.82) is 0 Å². The van der Waals surface area contributed by atoms with E-state index in [2.05, 4.69) is 31.2 Å². The maximum Gasteiger partial charge on any atom is 0.0543 e. The average molecular weight is 247 g/mol. The van der Waals surface area contributed by atoms with Crippen molar-refractivity contribution in [2.75, 3.05) is 7.11 Å². The van der Waals surface area contributed by atoms with Gasteiger partial charge in [0.15, 0.2) is 0 Å². The van der Waals surface area contributed by atoms with Gasteiger partial charge in [-0.1, -0.05) is 30.7 Å². The molecule has 1 saturated carbocycles. The van der Waals surface area contributed by atoms with E-state index in [1.807, 2.05) is 0 Å². The summed E-state index contributed by atoms with van der Waals surface area (Å²) in [5, 5.41) is 0. The van der Waals surface area contributed by atoms with Gasteiger partial charge in [-0.25, -0.2) is 0 Å². The van der Waals surface area contributed by atoms with Gasteiger partial charge in [-0.2, -0.15) is 0 Å². The Balaban J connectivity index is 1.87. The number of hydrogen-bond acceptors (Lipinski definition) is 2. The van der Waals surface area contributed by atoms with Gasteiger partial charge < -0.3 is 10.5 Å². The first kappa shape index (κ1) is 13.6. The van der Waals surface area contributed by atoms with Crippen LogP contribution in [-0.2, 0) is 4.74 Å². The van der Waals surface area contributed by atoms with Gasteiger partial charge in [-0.3, -0.25) is 0 Å². The molecular formula is C16H25NO. The molecule has 2 nitrogen and oxygen atoms in total. The van der Waals surface area contributed by atoms with Crippen LogP contribution >= 0.6 is 0 Å². The lowest BCUT2D eigenvalue weighted by Gasteiger charge is -2.26. The fraction of sp³-hybridized carbons (Fsp3) is 0.625. The van der Waals surface area contributed by atoms with E-state index in [1.165, 1.54) is 30.4 Å². The summed E-state index contributed by atoms with van der Waals surface area (Å²) in [5.41, 5.74) is 8.95. The van der Waals surface area contributed by atoms with Crippen molar-refractivity contribution in [2.24, 2.45) is 5.73 Å². The molecule has 1 fully saturated rings. The predicted octanol–water partition coefficient (Wildman–Crippen LogP) is 3.77. The first-order valence-corrected chi connectivity index (χ1v) is 7.09. The summed E-state index contributed by atoms with van der Waals surface area (Å²) in [6.07, 6.45) is 6.40. The summed E-state index contributed by atoms with van der Waals surface area (Å²) in [7, 11) is 1.75. The van der Waals surface area contributed by atoms with Gasteiger partial charge >= 0.3 is 0 Å². The Morgan fingerprint density at radius 3 is 2.39 bits per heavy atom. The molecule has 18 heavy (non-hydrogen) atoms. The maximum absolute atomic E-state index is 6.22. The van der Waals surface area contributed by atoms with Crippen LogP contribution in [-0.4, -0.2) is 13.2 Å². The molecule has 0 spiro atoms. The van der Waals surface area contributed by atoms with E-state index in [0.29, 0.717) is 6.10 Å². The molecule has 2 heteroatoms. The summed E-state index contributed by atoms with van der Waals surface area (Å²) >= 11 is 0. The summed E-state index contributed by atoms with van der Waals surface area (Å²) in [6.45, 7) is 2.09. The second-order valence-electron chi connectivity index (χ2n) is 5.52. The molecular weight excluding hydrogens is 222 g/mol. The van der Waals surface area contributed by atoms with Gasteiger partial charge in [0.25, 0.3) is 0 Å². The second kappa shape index (κ2) is 6.35. The summed E-state index contributed by atoms with van der Waals surface area (Å²) in [5.74, 6) is 0.809. The van der Waals surface area contributed by atoms with E-state index in [1.54, 1.807) is 7.11 Å². The number of methoxy groups -OCH3 is 1. The molecule has 1 aliphatic carbocycles. The van der Waals surface area contributed by atoms with E-state index >= 15 is 0 Å². The lowest BCUT2D eigenvalue weighted by atomic mass is 9.80. The molecule has 1 aromatic rings. The molecule has 100 valence electrons. The van der Waals surface area contributed by atoms with Gasteiger partial charge in [-0.05, 0) is 49.7 Å². The van der Waals surface area contributed by atoms with Crippen LogP contribution in [0.1, 0.15) is 62.1 Å². The van der Waals surface area contributed by atoms with Crippen LogP contribution < -0.4 is 5.73 Å². The number of hydrogen-bond donors (Lipinski definition) is 1. The van der Waals surface area contributed by atoms with Crippen LogP contribution in [0.25, 0.3) is 0 Å². The minimum atomic E-state index is 0.137. The van der Waals surface area contributed by atoms with Crippen molar-refractivity contribution in [3.05, 3.63) is 35.4 Å². The van der Waals surface area contributed by atoms with Crippen LogP contribution in [0, 0.1) is 0 Å². The highest BCUT2D eigenvalue weighted by molar-refractivity contribution is 5.28. The monoisotopic (exact) mass is 247 g/mol. The van der Waals surface area contributed by atoms with Gasteiger partial charge in [0.2, 0.25) is 0 Å². The number of nitrogens with two attached hydrogens (primary N) is 1. The highest BCUT2D eigenvalue weighted by atomic mass is 16.5. The average Bonchev–Trinajstić information content (AvgIpc) is 2.34. The van der Waals surface area contributed by atoms with Gasteiger partial charge in [0, 0.05) is 13.2 Å². The molecule has 0 saturated heterocycles. The predicted molar refractivity (Wildman–Crippen MR) is 75.7 cm³/mol. The highest BCUT2D eigenvalue weighted by Gasteiger charge is 2.19. The van der Waals surface area contributed by atoms with Crippen molar-refractivity contribution >= 4 is 0 Å². The number of ether oxygens (including phenoxy) is 1. The Hall–Kier alpha value is -0.860. The third-order valence-corrected chi connectivity index (χ3v) is 4.23. The Morgan fingerprint density at radius 1 is 1.22 bits per heavy atom. The van der Waals surface area contributed by atoms with E-state index in [-0.39, 0.29) is 6.04 Å². The fourth-order valence-electron chi connectivity index (χ4n) is 2.46. The molecule has 1 aliphatic rings. The summed E-state index contributed by atoms with van der Waals surface area (Å²) in [4.78, 5) is 0. The smallest absolute Gasteiger partial charge is 0.0543 e. The Morgan fingerprint density at radius 2 is 1.89 bits per heavy atom. The maximum atomic E-state index is 6.22. The molecule has 2 N–H and O–H groups in total. The van der Waals surface area contributed by atoms with E-state index in [9.17, 15) is 0 Å². The van der Waals surface area contributed by atoms with E-state index < -0.39 is 0 Å². The largest absolute Gasteiger partial charge is 0.382 e. The minimum Gasteiger partial charge on any atom is -0.382 e. The zero-order valence-corrected chi connectivity index (χ0v) is 11.6. The standard InChI is InChI=1S/C16H25NO/c1-12(18-2)6-11-16(17)15-9-7-14(8-10-15)13-4-3-5-13/h7-10,12-13,16H,3-6,11,17H2,1-2H3. The van der Waals surface area contributed by atoms with Gasteiger partial charge in [-0.15, -0.1) is 0 Å². The van der Waals surface area contributed by atoms with E-state index in [0.717, 1.165) is 18.8 Å². The second-order valence-corrected chi connectivity index (χ2v) is 5.52. The molecule has 1 aromatic carbocycles. The van der Waals surface area contributed by atoms with Crippen molar-refractivity contribution in [2.45, 2.75) is 57.1 Å². The quantitative estimate of drug-likeness (QED) is 0.830. The van der Waals surface area contributed by atoms with E-state index in [4.69, 9.17) is 10.5 Å². The lowest BCUT2D eigenvalue weighted by Crippen LogP contribution is -2.14. The van der Waals surface area contributed by atoms with Crippen LogP contribution in [0.15, 0.2) is 24.3 Å². The number of benzene rings is 1. The first-order chi connectivity index (χ1) is 8.70. The zero-order valence-electron chi connectivity index (χ0n) is 11.6. The lowest BCUT2D eigenvalue weighted by molar-refractivity contribution is 0.107. The van der Waals surface area contributed by atoms with Gasteiger partial charge in [0.1, 0.15) is 0 Å². The Bertz CT molecular complexity index is 356. The summed E-state index contributed by atoms with van der Waals surface area (Å²) < 4.78 is 5.25. The molecule has 0 bridgehead atoms. The van der Waals surface area contributed by atoms with Crippen LogP contribution in [0.5, 0.6) is 0 Å². The molecule has 2 rings (SSSR count). The van der Waals surface area contributed by atoms with Crippen molar-refractivity contribution in [3.8, 4) is 0 Å². The minimum absolute atomic E-state index is 0.137. The molecule has 0 heterocycles. The highest BCUT2D eigenvalue weighted by Crippen LogP contribution is 2.36. The summed E-state index contributed by atoms with van der Waals surface area (Å²) in [6, 6.07) is 9.07. The Labute approximate surface area is 111 Å². The molecule has 0 aromatic heterocycles. The first-order valence-electron chi connectivity index (χ1n) is 7.09. The normalized spacial score (nSPS) is 19.3. The Kier molecular flexibility index (Phi) is 4.79. The molecule has 2 atom stereocenters. The number of rotatable bonds is 6. The molecule has 0 amide bonds. The molecule has 0 aliphatic heterocycles. The SMILES string of the molecule is COC(C)CCC(N)c1ccc(C2CCC2)cc1.